The Morgan fingerprint density at radius 3 is 1.00 bits per heavy atom. The molecule has 7 rings (SSSR count). The first-order valence-corrected chi connectivity index (χ1v) is 26.8. The molecule has 0 aliphatic rings. The Hall–Kier alpha value is -7.47. The van der Waals surface area contributed by atoms with Crippen molar-refractivity contribution in [2.45, 2.75) is 116 Å². The van der Waals surface area contributed by atoms with Gasteiger partial charge in [-0.1, -0.05) is 152 Å². The molecule has 456 valence electrons. The third-order valence-electron chi connectivity index (χ3n) is 14.5. The smallest absolute Gasteiger partial charge is 0.404 e. The van der Waals surface area contributed by atoms with E-state index in [0.717, 1.165) is 23.6 Å². The largest absolute Gasteiger partial charge is 0.458 e. The number of rotatable bonds is 25. The number of benzene rings is 6. The van der Waals surface area contributed by atoms with Crippen molar-refractivity contribution in [2.75, 3.05) is 6.61 Å². The number of aromatic nitrogens is 1. The SMILES string of the molecule is CCCCCCCCCCCCCCCCCCOC(=O)c1c2ccccc2cc[n+]1CC(=O)c1ccccc1.Fc1c(F)c(F)c([B-](c2c(F)c(F)c(F)c(F)c2F)(c2c(F)c(F)c(F)c(F)c2F)c2c(F)c(F)c(F)c(F)c2F)c(F)c1F. The molecule has 0 fully saturated rings. The van der Waals surface area contributed by atoms with Gasteiger partial charge in [-0.15, -0.1) is 21.9 Å². The van der Waals surface area contributed by atoms with Crippen LogP contribution in [0.5, 0.6) is 0 Å². The van der Waals surface area contributed by atoms with E-state index in [4.69, 9.17) is 4.74 Å². The molecular formula is C60H50BF20NO3. The lowest BCUT2D eigenvalue weighted by molar-refractivity contribution is -0.684. The van der Waals surface area contributed by atoms with E-state index in [2.05, 4.69) is 6.92 Å². The van der Waals surface area contributed by atoms with Crippen molar-refractivity contribution in [1.82, 2.24) is 0 Å². The Labute approximate surface area is 473 Å². The molecule has 4 nitrogen and oxygen atoms in total. The zero-order valence-corrected chi connectivity index (χ0v) is 44.9. The monoisotopic (exact) mass is 1220 g/mol. The van der Waals surface area contributed by atoms with Crippen LogP contribution in [0.15, 0.2) is 66.9 Å². The number of Topliss-reactive ketones (excluding diaryl/α,β-unsaturated/α-hetero) is 1. The summed E-state index contributed by atoms with van der Waals surface area (Å²) in [6.07, 6.45) is 15.6. The molecule has 25 heteroatoms. The van der Waals surface area contributed by atoms with E-state index in [-0.39, 0.29) is 18.3 Å². The van der Waals surface area contributed by atoms with Gasteiger partial charge in [-0.2, -0.15) is 4.57 Å². The Balaban J connectivity index is 0.000000274. The fourth-order valence-electron chi connectivity index (χ4n) is 10.2. The summed E-state index contributed by atoms with van der Waals surface area (Å²) in [4.78, 5) is 26.1. The Morgan fingerprint density at radius 2 is 0.659 bits per heavy atom. The third-order valence-corrected chi connectivity index (χ3v) is 14.5. The van der Waals surface area contributed by atoms with Crippen molar-refractivity contribution < 1.29 is 107 Å². The highest BCUT2D eigenvalue weighted by molar-refractivity contribution is 7.20. The fourth-order valence-corrected chi connectivity index (χ4v) is 10.2. The van der Waals surface area contributed by atoms with E-state index in [1.165, 1.54) is 89.9 Å². The van der Waals surface area contributed by atoms with E-state index < -0.39 is 144 Å². The number of esters is 1. The topological polar surface area (TPSA) is 47.2 Å². The van der Waals surface area contributed by atoms with E-state index in [1.807, 2.05) is 54.7 Å². The highest BCUT2D eigenvalue weighted by atomic mass is 19.2. The summed E-state index contributed by atoms with van der Waals surface area (Å²) >= 11 is 0. The number of unbranched alkanes of at least 4 members (excludes halogenated alkanes) is 15. The number of pyridine rings is 1. The van der Waals surface area contributed by atoms with Gasteiger partial charge in [0.1, 0.15) is 52.7 Å². The van der Waals surface area contributed by atoms with E-state index >= 15 is 35.1 Å². The van der Waals surface area contributed by atoms with Gasteiger partial charge in [-0.25, -0.2) is 92.6 Å². The highest BCUT2D eigenvalue weighted by Gasteiger charge is 2.52. The number of carbonyl (C=O) groups is 2. The molecule has 0 unspecified atom stereocenters. The maximum Gasteiger partial charge on any atom is 0.404 e. The summed E-state index contributed by atoms with van der Waals surface area (Å²) in [5.41, 5.74) is -13.3. The summed E-state index contributed by atoms with van der Waals surface area (Å²) in [6, 6.07) is 18.9. The van der Waals surface area contributed by atoms with Crippen molar-refractivity contribution >= 4 is 50.5 Å². The van der Waals surface area contributed by atoms with Crippen LogP contribution in [0.25, 0.3) is 10.8 Å². The molecule has 1 aromatic heterocycles. The summed E-state index contributed by atoms with van der Waals surface area (Å²) in [7, 11) is 0. The van der Waals surface area contributed by atoms with Crippen molar-refractivity contribution in [1.29, 1.82) is 0 Å². The lowest BCUT2D eigenvalue weighted by atomic mass is 9.12. The third kappa shape index (κ3) is 13.8. The Morgan fingerprint density at radius 1 is 0.365 bits per heavy atom. The zero-order chi connectivity index (χ0) is 62.6. The van der Waals surface area contributed by atoms with Gasteiger partial charge in [0.05, 0.1) is 12.0 Å². The van der Waals surface area contributed by atoms with Crippen LogP contribution in [0.3, 0.4) is 0 Å². The Kier molecular flexibility index (Phi) is 23.2. The maximum absolute atomic E-state index is 15.4. The van der Waals surface area contributed by atoms with Crippen LogP contribution in [0.4, 0.5) is 87.8 Å². The molecular weight excluding hydrogens is 1170 g/mol. The van der Waals surface area contributed by atoms with Crippen LogP contribution in [0, 0.1) is 116 Å². The number of ether oxygens (including phenoxy) is 1. The molecule has 0 aliphatic carbocycles. The lowest BCUT2D eigenvalue weighted by Gasteiger charge is -2.44. The number of fused-ring (bicyclic) bond motifs is 1. The number of hydrogen-bond acceptors (Lipinski definition) is 3. The predicted molar refractivity (Wildman–Crippen MR) is 274 cm³/mol. The molecule has 0 spiro atoms. The first-order valence-electron chi connectivity index (χ1n) is 26.8. The van der Waals surface area contributed by atoms with Crippen molar-refractivity contribution in [3.63, 3.8) is 0 Å². The molecule has 85 heavy (non-hydrogen) atoms. The standard InChI is InChI=1S/C36H50NO3.C24BF20/c1-2-3-4-5-6-7-8-9-10-11-12-13-14-15-16-22-29-40-36(39)35-33-26-21-20-23-31(33)27-28-37(35)30-34(38)32-24-18-17-19-25-32;26-5-1(6(27)14(35)21(42)13(5)34)25(2-7(28)15(36)22(43)16(37)8(2)29,3-9(30)17(38)23(44)18(39)10(3)31)4-11(32)19(40)24(45)20(41)12(4)33/h17-21,23-28H,2-16,22,29-30H2,1H3;/q+1;-1. The van der Waals surface area contributed by atoms with Gasteiger partial charge in [-0.05, 0) is 17.9 Å². The second-order valence-corrected chi connectivity index (χ2v) is 19.9. The van der Waals surface area contributed by atoms with Gasteiger partial charge in [0, 0.05) is 11.6 Å². The average Bonchev–Trinajstić information content (AvgIpc) is 0.892. The molecule has 1 heterocycles. The number of ketones is 1. The summed E-state index contributed by atoms with van der Waals surface area (Å²) in [6.45, 7) is 2.78. The number of hydrogen-bond donors (Lipinski definition) is 0. The molecule has 0 amide bonds. The molecule has 0 saturated heterocycles. The van der Waals surface area contributed by atoms with Gasteiger partial charge < -0.3 is 4.74 Å². The van der Waals surface area contributed by atoms with E-state index in [0.29, 0.717) is 17.9 Å². The molecule has 0 saturated carbocycles. The van der Waals surface area contributed by atoms with Gasteiger partial charge >= 0.3 is 5.97 Å². The Bertz CT molecular complexity index is 3190. The molecule has 0 atom stereocenters. The quantitative estimate of drug-likeness (QED) is 0.00837. The lowest BCUT2D eigenvalue weighted by Crippen LogP contribution is -2.81. The molecule has 6 aromatic carbocycles. The van der Waals surface area contributed by atoms with Gasteiger partial charge in [0.2, 0.25) is 12.3 Å². The minimum absolute atomic E-state index is 0.0345. The molecule has 0 aliphatic heterocycles. The normalized spacial score (nSPS) is 11.6. The predicted octanol–water partition coefficient (Wildman–Crippen LogP) is 15.3. The fraction of sp³-hybridized carbons (Fsp3) is 0.317. The highest BCUT2D eigenvalue weighted by Crippen LogP contribution is 2.31. The maximum atomic E-state index is 15.4. The number of halogens is 20. The summed E-state index contributed by atoms with van der Waals surface area (Å²) < 4.78 is 301. The first-order chi connectivity index (χ1) is 40.4. The van der Waals surface area contributed by atoms with Gasteiger partial charge in [0.25, 0.3) is 5.69 Å². The summed E-state index contributed by atoms with van der Waals surface area (Å²) in [5, 5.41) is 1.77. The second-order valence-electron chi connectivity index (χ2n) is 19.9. The molecule has 0 radical (unpaired) electrons. The van der Waals surface area contributed by atoms with Gasteiger partial charge in [0.15, 0.2) is 76.0 Å². The second kappa shape index (κ2) is 29.6. The van der Waals surface area contributed by atoms with Crippen molar-refractivity contribution in [3.05, 3.63) is 194 Å². The number of carbonyl (C=O) groups excluding carboxylic acids is 2. The van der Waals surface area contributed by atoms with E-state index in [1.54, 1.807) is 16.7 Å². The minimum atomic E-state index is -7.22. The molecule has 0 N–H and O–H groups in total. The van der Waals surface area contributed by atoms with Gasteiger partial charge in [-0.3, -0.25) is 4.79 Å². The van der Waals surface area contributed by atoms with Crippen molar-refractivity contribution in [2.24, 2.45) is 0 Å². The molecule has 7 aromatic rings. The summed E-state index contributed by atoms with van der Waals surface area (Å²) in [5.74, 6) is -71.8. The van der Waals surface area contributed by atoms with Crippen LogP contribution >= 0.6 is 0 Å². The first kappa shape index (κ1) is 66.7. The van der Waals surface area contributed by atoms with Crippen LogP contribution in [0.1, 0.15) is 131 Å². The van der Waals surface area contributed by atoms with Crippen LogP contribution in [-0.2, 0) is 11.3 Å². The van der Waals surface area contributed by atoms with Crippen LogP contribution in [0.2, 0.25) is 0 Å². The number of nitrogens with zero attached hydrogens (tertiary/aromatic N) is 1. The van der Waals surface area contributed by atoms with Crippen molar-refractivity contribution in [3.8, 4) is 0 Å². The van der Waals surface area contributed by atoms with E-state index in [9.17, 15) is 62.3 Å². The zero-order valence-electron chi connectivity index (χ0n) is 44.9. The van der Waals surface area contributed by atoms with Crippen LogP contribution < -0.4 is 26.4 Å². The average molecular weight is 1220 g/mol. The van der Waals surface area contributed by atoms with Crippen LogP contribution in [-0.4, -0.2) is 24.5 Å². The molecule has 0 bridgehead atoms. The minimum Gasteiger partial charge on any atom is -0.458 e.